The van der Waals surface area contributed by atoms with Gasteiger partial charge in [-0.05, 0) is 36.6 Å². The van der Waals surface area contributed by atoms with E-state index in [1.807, 2.05) is 0 Å². The second kappa shape index (κ2) is 8.44. The van der Waals surface area contributed by atoms with Crippen molar-refractivity contribution in [3.8, 4) is 11.4 Å². The summed E-state index contributed by atoms with van der Waals surface area (Å²) in [7, 11) is -3.80. The fourth-order valence-corrected chi connectivity index (χ4v) is 5.62. The number of ether oxygens (including phenoxy) is 1. The first kappa shape index (κ1) is 24.5. The molecule has 12 heteroatoms. The highest BCUT2D eigenvalue weighted by Gasteiger charge is 2.45. The number of pyridine rings is 2. The van der Waals surface area contributed by atoms with Crippen LogP contribution in [0, 0.1) is 12.7 Å². The number of hydrogen-bond donors (Lipinski definition) is 3. The van der Waals surface area contributed by atoms with Crippen molar-refractivity contribution in [2.24, 2.45) is 0 Å². The zero-order valence-corrected chi connectivity index (χ0v) is 20.4. The number of hydrogen-bond acceptors (Lipinski definition) is 8. The molecule has 36 heavy (non-hydrogen) atoms. The van der Waals surface area contributed by atoms with Gasteiger partial charge >= 0.3 is 5.97 Å². The molecule has 0 aliphatic carbocycles. The molecule has 2 aromatic heterocycles. The quantitative estimate of drug-likeness (QED) is 0.320. The van der Waals surface area contributed by atoms with Crippen molar-refractivity contribution in [3.63, 3.8) is 0 Å². The van der Waals surface area contributed by atoms with Gasteiger partial charge in [-0.2, -0.15) is 0 Å². The van der Waals surface area contributed by atoms with E-state index in [1.165, 1.54) is 16.7 Å². The first-order valence-electron chi connectivity index (χ1n) is 11.4. The molecule has 1 aromatic carbocycles. The number of rotatable bonds is 6. The number of carbonyl (C=O) groups is 1. The average molecular weight is 518 g/mol. The monoisotopic (exact) mass is 517 g/mol. The number of carbonyl (C=O) groups excluding carboxylic acids is 1. The predicted octanol–water partition coefficient (Wildman–Crippen LogP) is 0.939. The van der Waals surface area contributed by atoms with Gasteiger partial charge in [0.25, 0.3) is 5.56 Å². The highest BCUT2D eigenvalue weighted by atomic mass is 32.2. The SMILES string of the molecule is CCC1(O)C(=O)OCc2c1cc1n(c2=O)Cc2c-1nc1cc(F)c(C)cc1c2CNS(=O)(=O)CCO. The van der Waals surface area contributed by atoms with Crippen molar-refractivity contribution < 1.29 is 32.6 Å². The van der Waals surface area contributed by atoms with Gasteiger partial charge in [-0.15, -0.1) is 0 Å². The van der Waals surface area contributed by atoms with E-state index in [0.717, 1.165) is 0 Å². The number of sulfonamides is 1. The molecule has 0 spiro atoms. The van der Waals surface area contributed by atoms with Crippen LogP contribution in [0.25, 0.3) is 22.3 Å². The summed E-state index contributed by atoms with van der Waals surface area (Å²) in [5, 5.41) is 20.6. The fourth-order valence-electron chi connectivity index (χ4n) is 4.87. The maximum absolute atomic E-state index is 14.5. The molecule has 0 radical (unpaired) electrons. The van der Waals surface area contributed by atoms with E-state index in [-0.39, 0.29) is 42.8 Å². The standard InChI is InChI=1S/C24H24FN3O7S/c1-3-24(32)17-7-20-21-15(10-28(20)22(30)16(17)11-35-23(24)31)14(9-26-36(33,34)5-4-29)13-6-12(2)18(25)8-19(13)27-21/h6-8,26,29,32H,3-5,9-11H2,1-2H3. The number of benzene rings is 1. The summed E-state index contributed by atoms with van der Waals surface area (Å²) in [4.78, 5) is 30.4. The van der Waals surface area contributed by atoms with Crippen molar-refractivity contribution in [1.29, 1.82) is 0 Å². The molecule has 2 aliphatic rings. The minimum Gasteiger partial charge on any atom is -0.458 e. The van der Waals surface area contributed by atoms with Gasteiger partial charge in [-0.3, -0.25) is 4.79 Å². The highest BCUT2D eigenvalue weighted by molar-refractivity contribution is 7.89. The molecule has 0 bridgehead atoms. The normalized spacial score (nSPS) is 18.6. The van der Waals surface area contributed by atoms with E-state index in [2.05, 4.69) is 9.71 Å². The Morgan fingerprint density at radius 2 is 2.00 bits per heavy atom. The minimum atomic E-state index is -3.80. The summed E-state index contributed by atoms with van der Waals surface area (Å²) in [6, 6.07) is 4.36. The molecule has 190 valence electrons. The summed E-state index contributed by atoms with van der Waals surface area (Å²) in [5.74, 6) is -1.82. The molecule has 0 saturated heterocycles. The number of nitrogens with zero attached hydrogens (tertiary/aromatic N) is 2. The van der Waals surface area contributed by atoms with Crippen LogP contribution in [-0.2, 0) is 44.9 Å². The van der Waals surface area contributed by atoms with Crippen LogP contribution in [0.4, 0.5) is 4.39 Å². The number of aromatic nitrogens is 2. The Bertz CT molecular complexity index is 1620. The number of fused-ring (bicyclic) bond motifs is 5. The van der Waals surface area contributed by atoms with Crippen molar-refractivity contribution in [3.05, 3.63) is 62.2 Å². The lowest BCUT2D eigenvalue weighted by Gasteiger charge is -2.31. The number of nitrogens with one attached hydrogen (secondary N) is 1. The van der Waals surface area contributed by atoms with Crippen LogP contribution in [0.5, 0.6) is 0 Å². The number of halogens is 1. The minimum absolute atomic E-state index is 0.0118. The lowest BCUT2D eigenvalue weighted by Crippen LogP contribution is -2.44. The summed E-state index contributed by atoms with van der Waals surface area (Å²) >= 11 is 0. The van der Waals surface area contributed by atoms with Gasteiger partial charge in [0.05, 0.1) is 41.4 Å². The largest absolute Gasteiger partial charge is 0.458 e. The van der Waals surface area contributed by atoms with Crippen LogP contribution in [0.2, 0.25) is 0 Å². The predicted molar refractivity (Wildman–Crippen MR) is 127 cm³/mol. The first-order chi connectivity index (χ1) is 17.0. The van der Waals surface area contributed by atoms with Crippen LogP contribution >= 0.6 is 0 Å². The van der Waals surface area contributed by atoms with E-state index >= 15 is 0 Å². The summed E-state index contributed by atoms with van der Waals surface area (Å²) in [6.07, 6.45) is -0.0118. The van der Waals surface area contributed by atoms with Gasteiger partial charge < -0.3 is 19.5 Å². The average Bonchev–Trinajstić information content (AvgIpc) is 3.19. The smallest absolute Gasteiger partial charge is 0.343 e. The molecule has 2 aliphatic heterocycles. The Labute approximate surface area is 205 Å². The molecule has 1 atom stereocenters. The van der Waals surface area contributed by atoms with E-state index in [0.29, 0.717) is 33.5 Å². The Hall–Kier alpha value is -3.19. The summed E-state index contributed by atoms with van der Waals surface area (Å²) in [6.45, 7) is 2.24. The number of aliphatic hydroxyl groups is 2. The maximum Gasteiger partial charge on any atom is 0.343 e. The molecule has 5 rings (SSSR count). The molecule has 10 nitrogen and oxygen atoms in total. The number of esters is 1. The first-order valence-corrected chi connectivity index (χ1v) is 13.0. The second-order valence-corrected chi connectivity index (χ2v) is 10.9. The van der Waals surface area contributed by atoms with Crippen molar-refractivity contribution in [2.45, 2.75) is 45.6 Å². The molecular formula is C24H24FN3O7S. The Balaban J connectivity index is 1.76. The molecular weight excluding hydrogens is 493 g/mol. The van der Waals surface area contributed by atoms with E-state index in [4.69, 9.17) is 9.84 Å². The third-order valence-corrected chi connectivity index (χ3v) is 8.22. The third kappa shape index (κ3) is 3.63. The lowest BCUT2D eigenvalue weighted by atomic mass is 9.86. The van der Waals surface area contributed by atoms with Gasteiger partial charge in [0, 0.05) is 29.1 Å². The topological polar surface area (TPSA) is 148 Å². The van der Waals surface area contributed by atoms with Gasteiger partial charge in [0.15, 0.2) is 5.60 Å². The van der Waals surface area contributed by atoms with Gasteiger partial charge in [-0.25, -0.2) is 27.3 Å². The summed E-state index contributed by atoms with van der Waals surface area (Å²) in [5.41, 5.74) is 0.196. The van der Waals surface area contributed by atoms with E-state index in [9.17, 15) is 27.5 Å². The van der Waals surface area contributed by atoms with Crippen molar-refractivity contribution >= 4 is 26.9 Å². The van der Waals surface area contributed by atoms with Crippen LogP contribution in [-0.4, -0.2) is 46.5 Å². The maximum atomic E-state index is 14.5. The molecule has 0 fully saturated rings. The summed E-state index contributed by atoms with van der Waals surface area (Å²) < 4.78 is 48.0. The molecule has 3 aromatic rings. The van der Waals surface area contributed by atoms with Crippen LogP contribution < -0.4 is 10.3 Å². The Morgan fingerprint density at radius 3 is 2.69 bits per heavy atom. The lowest BCUT2D eigenvalue weighted by molar-refractivity contribution is -0.172. The van der Waals surface area contributed by atoms with Gasteiger partial charge in [-0.1, -0.05) is 6.92 Å². The van der Waals surface area contributed by atoms with Crippen molar-refractivity contribution in [2.75, 3.05) is 12.4 Å². The number of cyclic esters (lactones) is 1. The molecule has 0 amide bonds. The van der Waals surface area contributed by atoms with Crippen LogP contribution in [0.15, 0.2) is 23.0 Å². The fraction of sp³-hybridized carbons (Fsp3) is 0.375. The number of aliphatic hydroxyl groups excluding tert-OH is 1. The molecule has 0 saturated carbocycles. The zero-order chi connectivity index (χ0) is 26.0. The van der Waals surface area contributed by atoms with Crippen LogP contribution in [0.3, 0.4) is 0 Å². The van der Waals surface area contributed by atoms with E-state index in [1.54, 1.807) is 19.9 Å². The molecule has 4 heterocycles. The van der Waals surface area contributed by atoms with E-state index < -0.39 is 45.3 Å². The second-order valence-electron chi connectivity index (χ2n) is 9.00. The van der Waals surface area contributed by atoms with Crippen molar-refractivity contribution in [1.82, 2.24) is 14.3 Å². The highest BCUT2D eigenvalue weighted by Crippen LogP contribution is 2.40. The molecule has 3 N–H and O–H groups in total. The zero-order valence-electron chi connectivity index (χ0n) is 19.6. The third-order valence-electron chi connectivity index (χ3n) is 6.91. The number of aryl methyl sites for hydroxylation is 1. The molecule has 1 unspecified atom stereocenters. The van der Waals surface area contributed by atoms with Gasteiger partial charge in [0.1, 0.15) is 12.4 Å². The van der Waals surface area contributed by atoms with Gasteiger partial charge in [0.2, 0.25) is 10.0 Å². The Morgan fingerprint density at radius 1 is 1.25 bits per heavy atom. The van der Waals surface area contributed by atoms with Crippen LogP contribution in [0.1, 0.15) is 41.2 Å². The Kier molecular flexibility index (Phi) is 5.75.